The molecule has 7 rings (SSSR count). The van der Waals surface area contributed by atoms with E-state index in [0.717, 1.165) is 21.5 Å². The van der Waals surface area contributed by atoms with Crippen LogP contribution in [0.5, 0.6) is 0 Å². The largest absolute Gasteiger partial charge is 0.139 e. The lowest BCUT2D eigenvalue weighted by atomic mass is 9.72. The molecule has 1 fully saturated rings. The van der Waals surface area contributed by atoms with Crippen molar-refractivity contribution in [3.63, 3.8) is 0 Å². The van der Waals surface area contributed by atoms with E-state index in [1.165, 1.54) is 73.1 Å². The Morgan fingerprint density at radius 1 is 0.694 bits per heavy atom. The maximum atomic E-state index is 6.68. The molecular formula is C30H28Cl2S4. The van der Waals surface area contributed by atoms with Gasteiger partial charge in [-0.25, -0.2) is 0 Å². The zero-order valence-electron chi connectivity index (χ0n) is 20.9. The lowest BCUT2D eigenvalue weighted by Gasteiger charge is -2.46. The molecule has 6 heteroatoms. The van der Waals surface area contributed by atoms with Crippen molar-refractivity contribution in [3.8, 4) is 0 Å². The van der Waals surface area contributed by atoms with Crippen molar-refractivity contribution in [1.82, 2.24) is 0 Å². The monoisotopic (exact) mass is 586 g/mol. The lowest BCUT2D eigenvalue weighted by Crippen LogP contribution is -2.47. The second-order valence-electron chi connectivity index (χ2n) is 10.8. The molecule has 0 bridgehead atoms. The number of thioether (sulfide) groups is 2. The fourth-order valence-corrected chi connectivity index (χ4v) is 12.8. The molecule has 0 nitrogen and oxygen atoms in total. The first kappa shape index (κ1) is 24.4. The minimum absolute atomic E-state index is 0.000963. The molecule has 2 aliphatic heterocycles. The van der Waals surface area contributed by atoms with Crippen LogP contribution in [-0.4, -0.2) is 9.49 Å². The Balaban J connectivity index is 1.32. The minimum atomic E-state index is -0.0163. The summed E-state index contributed by atoms with van der Waals surface area (Å²) in [6, 6.07) is 4.68. The summed E-state index contributed by atoms with van der Waals surface area (Å²) in [4.78, 5) is 5.63. The average molecular weight is 588 g/mol. The van der Waals surface area contributed by atoms with E-state index in [9.17, 15) is 0 Å². The van der Waals surface area contributed by atoms with Crippen LogP contribution in [0.15, 0.2) is 50.9 Å². The van der Waals surface area contributed by atoms with Gasteiger partial charge in [0.1, 0.15) is 0 Å². The van der Waals surface area contributed by atoms with Gasteiger partial charge in [0, 0.05) is 19.5 Å². The summed E-state index contributed by atoms with van der Waals surface area (Å²) >= 11 is 20.7. The standard InChI is InChI=1S/C30H28Cl2S4/c1-15-21(17-7-5-8-18(17)22-12-27(31)34-16(22)2)11-25(33-15)26-13-23-19-9-6-10-20(19)24-14-28(32)36-30(24,4)29(23,3)35-26/h11-14H,5-10H2,1-4H3/t29-,30-/m1/s1. The van der Waals surface area contributed by atoms with Crippen LogP contribution in [0.3, 0.4) is 0 Å². The number of thiophene rings is 2. The van der Waals surface area contributed by atoms with Crippen molar-refractivity contribution in [2.75, 3.05) is 0 Å². The number of allylic oxidation sites excluding steroid dienone is 6. The first-order valence-corrected chi connectivity index (χ1v) is 16.8. The zero-order chi connectivity index (χ0) is 25.0. The van der Waals surface area contributed by atoms with Gasteiger partial charge in [0.2, 0.25) is 0 Å². The molecule has 2 atom stereocenters. The number of halogens is 2. The summed E-state index contributed by atoms with van der Waals surface area (Å²) in [5, 5.41) is 0. The normalized spacial score (nSPS) is 29.3. The van der Waals surface area contributed by atoms with E-state index in [2.05, 4.69) is 63.7 Å². The van der Waals surface area contributed by atoms with Crippen LogP contribution in [0.2, 0.25) is 4.34 Å². The SMILES string of the molecule is Cc1sc(Cl)cc1C1=C(c2cc(C3=CC4=C5CCCC5=C5C=C(Cl)S[C@@]5(C)[C@]4(C)S3)sc2C)CCC1. The Bertz CT molecular complexity index is 1510. The van der Waals surface area contributed by atoms with Crippen LogP contribution in [0.4, 0.5) is 0 Å². The van der Waals surface area contributed by atoms with Crippen LogP contribution >= 0.6 is 69.4 Å². The molecule has 5 aliphatic rings. The molecule has 0 saturated heterocycles. The third kappa shape index (κ3) is 3.34. The van der Waals surface area contributed by atoms with Crippen molar-refractivity contribution in [1.29, 1.82) is 0 Å². The first-order chi connectivity index (χ1) is 17.2. The zero-order valence-corrected chi connectivity index (χ0v) is 25.7. The van der Waals surface area contributed by atoms with Crippen LogP contribution in [0.25, 0.3) is 16.1 Å². The number of hydrogen-bond acceptors (Lipinski definition) is 4. The summed E-state index contributed by atoms with van der Waals surface area (Å²) < 4.78 is 1.83. The predicted molar refractivity (Wildman–Crippen MR) is 166 cm³/mol. The van der Waals surface area contributed by atoms with E-state index >= 15 is 0 Å². The van der Waals surface area contributed by atoms with Gasteiger partial charge in [-0.15, -0.1) is 46.2 Å². The second kappa shape index (κ2) is 8.44. The predicted octanol–water partition coefficient (Wildman–Crippen LogP) is 11.4. The fraction of sp³-hybridized carbons (Fsp3) is 0.400. The van der Waals surface area contributed by atoms with E-state index in [1.54, 1.807) is 28.1 Å². The number of hydrogen-bond donors (Lipinski definition) is 0. The van der Waals surface area contributed by atoms with Gasteiger partial charge in [0.15, 0.2) is 0 Å². The van der Waals surface area contributed by atoms with E-state index in [1.807, 2.05) is 23.1 Å². The molecule has 0 spiro atoms. The second-order valence-corrected chi connectivity index (χ2v) is 17.5. The van der Waals surface area contributed by atoms with Crippen molar-refractivity contribution in [3.05, 3.63) is 81.0 Å². The highest BCUT2D eigenvalue weighted by Crippen LogP contribution is 2.70. The Labute approximate surface area is 240 Å². The number of rotatable bonds is 3. The van der Waals surface area contributed by atoms with Gasteiger partial charge in [0.25, 0.3) is 0 Å². The Morgan fingerprint density at radius 2 is 1.25 bits per heavy atom. The molecule has 0 unspecified atom stereocenters. The summed E-state index contributed by atoms with van der Waals surface area (Å²) in [5.74, 6) is 0. The minimum Gasteiger partial charge on any atom is -0.139 e. The fourth-order valence-electron chi connectivity index (χ4n) is 7.01. The molecule has 0 aromatic carbocycles. The smallest absolute Gasteiger partial charge is 0.0937 e. The molecule has 0 N–H and O–H groups in total. The number of aryl methyl sites for hydroxylation is 2. The molecule has 186 valence electrons. The Hall–Kier alpha value is -0.620. The van der Waals surface area contributed by atoms with E-state index in [0.29, 0.717) is 0 Å². The molecule has 0 radical (unpaired) electrons. The van der Waals surface area contributed by atoms with Gasteiger partial charge in [-0.3, -0.25) is 0 Å². The Morgan fingerprint density at radius 3 is 1.89 bits per heavy atom. The van der Waals surface area contributed by atoms with E-state index < -0.39 is 0 Å². The quantitative estimate of drug-likeness (QED) is 0.350. The highest BCUT2D eigenvalue weighted by Gasteiger charge is 2.59. The molecule has 0 amide bonds. The molecular weight excluding hydrogens is 560 g/mol. The molecule has 3 aliphatic carbocycles. The van der Waals surface area contributed by atoms with Crippen LogP contribution in [-0.2, 0) is 0 Å². The van der Waals surface area contributed by atoms with Crippen LogP contribution < -0.4 is 0 Å². The van der Waals surface area contributed by atoms with E-state index in [4.69, 9.17) is 23.2 Å². The topological polar surface area (TPSA) is 0 Å². The Kier molecular flexibility index (Phi) is 5.72. The summed E-state index contributed by atoms with van der Waals surface area (Å²) in [6.07, 6.45) is 12.0. The van der Waals surface area contributed by atoms with Crippen LogP contribution in [0, 0.1) is 13.8 Å². The van der Waals surface area contributed by atoms with Gasteiger partial charge in [-0.05, 0) is 135 Å². The van der Waals surface area contributed by atoms with Gasteiger partial charge in [-0.2, -0.15) is 0 Å². The summed E-state index contributed by atoms with van der Waals surface area (Å²) in [7, 11) is 0. The first-order valence-electron chi connectivity index (χ1n) is 12.7. The lowest BCUT2D eigenvalue weighted by molar-refractivity contribution is 0.607. The van der Waals surface area contributed by atoms with Crippen molar-refractivity contribution < 1.29 is 0 Å². The summed E-state index contributed by atoms with van der Waals surface area (Å²) in [6.45, 7) is 9.42. The van der Waals surface area contributed by atoms with Gasteiger partial charge < -0.3 is 0 Å². The molecule has 4 heterocycles. The summed E-state index contributed by atoms with van der Waals surface area (Å²) in [5.41, 5.74) is 12.1. The average Bonchev–Trinajstić information content (AvgIpc) is 3.62. The maximum Gasteiger partial charge on any atom is 0.0937 e. The number of fused-ring (bicyclic) bond motifs is 4. The van der Waals surface area contributed by atoms with Crippen molar-refractivity contribution in [2.45, 2.75) is 75.7 Å². The van der Waals surface area contributed by atoms with Crippen molar-refractivity contribution >= 4 is 85.5 Å². The van der Waals surface area contributed by atoms with E-state index in [-0.39, 0.29) is 9.49 Å². The molecule has 1 saturated carbocycles. The van der Waals surface area contributed by atoms with Gasteiger partial charge in [0.05, 0.1) is 18.2 Å². The molecule has 2 aromatic rings. The highest BCUT2D eigenvalue weighted by atomic mass is 35.5. The highest BCUT2D eigenvalue weighted by molar-refractivity contribution is 8.12. The van der Waals surface area contributed by atoms with Gasteiger partial charge >= 0.3 is 0 Å². The van der Waals surface area contributed by atoms with Crippen molar-refractivity contribution in [2.24, 2.45) is 0 Å². The van der Waals surface area contributed by atoms with Crippen LogP contribution in [0.1, 0.15) is 78.1 Å². The third-order valence-electron chi connectivity index (χ3n) is 8.87. The third-order valence-corrected chi connectivity index (χ3v) is 14.7. The van der Waals surface area contributed by atoms with Gasteiger partial charge in [-0.1, -0.05) is 23.2 Å². The maximum absolute atomic E-state index is 6.68. The molecule has 36 heavy (non-hydrogen) atoms. The molecule has 2 aromatic heterocycles.